The number of pyridine rings is 1. The van der Waals surface area contributed by atoms with Crippen LogP contribution in [-0.4, -0.2) is 52.5 Å². The van der Waals surface area contributed by atoms with Crippen molar-refractivity contribution in [3.05, 3.63) is 48.2 Å². The fraction of sp³-hybridized carbons (Fsp3) is 0.516. The predicted octanol–water partition coefficient (Wildman–Crippen LogP) is 5.97. The molecule has 1 unspecified atom stereocenters. The second kappa shape index (κ2) is 12.1. The molecule has 2 aromatic heterocycles. The van der Waals surface area contributed by atoms with E-state index in [1.54, 1.807) is 0 Å². The van der Waals surface area contributed by atoms with Gasteiger partial charge in [0, 0.05) is 49.2 Å². The summed E-state index contributed by atoms with van der Waals surface area (Å²) in [5.41, 5.74) is 4.21. The summed E-state index contributed by atoms with van der Waals surface area (Å²) in [6, 6.07) is 12.0. The van der Waals surface area contributed by atoms with Crippen LogP contribution in [0.4, 0.5) is 11.5 Å². The van der Waals surface area contributed by atoms with Crippen molar-refractivity contribution >= 4 is 29.0 Å². The maximum absolute atomic E-state index is 13.3. The molecule has 5 rings (SSSR count). The number of anilines is 2. The highest BCUT2D eigenvalue weighted by Crippen LogP contribution is 2.33. The van der Waals surface area contributed by atoms with Crippen LogP contribution in [0.15, 0.2) is 42.6 Å². The largest absolute Gasteiger partial charge is 0.481 e. The molecule has 2 aliphatic carbocycles. The van der Waals surface area contributed by atoms with E-state index in [2.05, 4.69) is 39.8 Å². The minimum atomic E-state index is -0.877. The smallest absolute Gasteiger partial charge is 0.305 e. The van der Waals surface area contributed by atoms with Crippen molar-refractivity contribution in [3.8, 4) is 11.3 Å². The van der Waals surface area contributed by atoms with Crippen LogP contribution in [0.3, 0.4) is 0 Å². The van der Waals surface area contributed by atoms with Gasteiger partial charge in [-0.2, -0.15) is 0 Å². The number of carboxylic acids is 1. The number of fused-ring (bicyclic) bond motifs is 1. The Hall–Kier alpha value is -3.55. The number of carboxylic acid groups (broad SMARTS) is 1. The highest BCUT2D eigenvalue weighted by Gasteiger charge is 2.28. The lowest BCUT2D eigenvalue weighted by molar-refractivity contribution is -0.137. The van der Waals surface area contributed by atoms with Crippen molar-refractivity contribution in [3.63, 3.8) is 0 Å². The first-order valence-corrected chi connectivity index (χ1v) is 14.5. The average molecular weight is 532 g/mol. The van der Waals surface area contributed by atoms with Crippen LogP contribution in [0.1, 0.15) is 81.0 Å². The second-order valence-corrected chi connectivity index (χ2v) is 11.4. The number of amides is 1. The summed E-state index contributed by atoms with van der Waals surface area (Å²) in [7, 11) is 4.05. The molecule has 8 nitrogen and oxygen atoms in total. The van der Waals surface area contributed by atoms with Gasteiger partial charge in [0.05, 0.1) is 6.42 Å². The predicted molar refractivity (Wildman–Crippen MR) is 156 cm³/mol. The van der Waals surface area contributed by atoms with Crippen LogP contribution in [0.25, 0.3) is 16.9 Å². The van der Waals surface area contributed by atoms with E-state index < -0.39 is 5.97 Å². The standard InChI is InChI=1S/C31H41N5O3/c1-35(2)25-15-13-22(14-16-25)29-30(32-24-11-7-4-8-12-24)36-18-17-23(19-27(36)34-29)31(39)33-26(20-28(37)38)21-9-5-3-6-10-21/h13-19,21,24,26,32H,3-12,20H2,1-2H3,(H,33,39)(H,37,38). The minimum absolute atomic E-state index is 0.0510. The maximum atomic E-state index is 13.3. The molecule has 0 aliphatic heterocycles. The molecule has 2 aliphatic rings. The molecule has 3 aromatic rings. The zero-order valence-corrected chi connectivity index (χ0v) is 23.2. The first-order valence-electron chi connectivity index (χ1n) is 14.5. The van der Waals surface area contributed by atoms with Crippen LogP contribution in [0.2, 0.25) is 0 Å². The number of rotatable bonds is 9. The summed E-state index contributed by atoms with van der Waals surface area (Å²) in [6.45, 7) is 0. The van der Waals surface area contributed by atoms with E-state index in [-0.39, 0.29) is 24.3 Å². The number of nitrogens with zero attached hydrogens (tertiary/aromatic N) is 3. The van der Waals surface area contributed by atoms with Crippen molar-refractivity contribution < 1.29 is 14.7 Å². The molecular weight excluding hydrogens is 490 g/mol. The maximum Gasteiger partial charge on any atom is 0.305 e. The Morgan fingerprint density at radius 2 is 1.67 bits per heavy atom. The molecule has 208 valence electrons. The summed E-state index contributed by atoms with van der Waals surface area (Å²) in [6.07, 6.45) is 13.2. The molecule has 1 aromatic carbocycles. The van der Waals surface area contributed by atoms with E-state index in [9.17, 15) is 14.7 Å². The summed E-state index contributed by atoms with van der Waals surface area (Å²) in [4.78, 5) is 32.0. The third-order valence-corrected chi connectivity index (χ3v) is 8.42. The van der Waals surface area contributed by atoms with Gasteiger partial charge in [0.15, 0.2) is 0 Å². The molecule has 2 heterocycles. The number of nitrogens with one attached hydrogen (secondary N) is 2. The Kier molecular flexibility index (Phi) is 8.38. The van der Waals surface area contributed by atoms with Gasteiger partial charge in [0.2, 0.25) is 0 Å². The van der Waals surface area contributed by atoms with Gasteiger partial charge < -0.3 is 20.6 Å². The van der Waals surface area contributed by atoms with Crippen LogP contribution in [-0.2, 0) is 4.79 Å². The number of carbonyl (C=O) groups excluding carboxylic acids is 1. The van der Waals surface area contributed by atoms with Gasteiger partial charge in [0.1, 0.15) is 17.2 Å². The third kappa shape index (κ3) is 6.37. The first-order chi connectivity index (χ1) is 18.9. The molecule has 2 saturated carbocycles. The number of aliphatic carboxylic acids is 1. The second-order valence-electron chi connectivity index (χ2n) is 11.4. The summed E-state index contributed by atoms with van der Waals surface area (Å²) in [5, 5.41) is 16.3. The minimum Gasteiger partial charge on any atom is -0.481 e. The Balaban J connectivity index is 1.45. The molecule has 1 amide bonds. The van der Waals surface area contributed by atoms with Gasteiger partial charge >= 0.3 is 5.97 Å². The van der Waals surface area contributed by atoms with Crippen molar-refractivity contribution in [2.45, 2.75) is 82.7 Å². The molecule has 8 heteroatoms. The molecular formula is C31H41N5O3. The zero-order chi connectivity index (χ0) is 27.4. The lowest BCUT2D eigenvalue weighted by atomic mass is 9.82. The fourth-order valence-electron chi connectivity index (χ4n) is 6.19. The molecule has 0 spiro atoms. The number of hydrogen-bond acceptors (Lipinski definition) is 5. The van der Waals surface area contributed by atoms with Gasteiger partial charge in [-0.25, -0.2) is 4.98 Å². The van der Waals surface area contributed by atoms with Crippen molar-refractivity contribution in [1.82, 2.24) is 14.7 Å². The highest BCUT2D eigenvalue weighted by atomic mass is 16.4. The van der Waals surface area contributed by atoms with Gasteiger partial charge in [-0.05, 0) is 55.9 Å². The highest BCUT2D eigenvalue weighted by molar-refractivity contribution is 5.96. The third-order valence-electron chi connectivity index (χ3n) is 8.42. The van der Waals surface area contributed by atoms with Crippen LogP contribution >= 0.6 is 0 Å². The average Bonchev–Trinajstić information content (AvgIpc) is 3.31. The van der Waals surface area contributed by atoms with E-state index in [0.29, 0.717) is 17.3 Å². The van der Waals surface area contributed by atoms with E-state index in [1.807, 2.05) is 36.8 Å². The van der Waals surface area contributed by atoms with E-state index >= 15 is 0 Å². The monoisotopic (exact) mass is 531 g/mol. The van der Waals surface area contributed by atoms with Crippen molar-refractivity contribution in [1.29, 1.82) is 0 Å². The van der Waals surface area contributed by atoms with Gasteiger partial charge in [-0.1, -0.05) is 50.7 Å². The molecule has 39 heavy (non-hydrogen) atoms. The van der Waals surface area contributed by atoms with Gasteiger partial charge in [-0.15, -0.1) is 0 Å². The summed E-state index contributed by atoms with van der Waals surface area (Å²) < 4.78 is 2.04. The van der Waals surface area contributed by atoms with E-state index in [0.717, 1.165) is 61.3 Å². The van der Waals surface area contributed by atoms with Crippen molar-refractivity contribution in [2.75, 3.05) is 24.3 Å². The number of aromatic nitrogens is 2. The van der Waals surface area contributed by atoms with Crippen LogP contribution in [0.5, 0.6) is 0 Å². The lowest BCUT2D eigenvalue weighted by Gasteiger charge is -2.30. The Bertz CT molecular complexity index is 1290. The lowest BCUT2D eigenvalue weighted by Crippen LogP contribution is -2.42. The zero-order valence-electron chi connectivity index (χ0n) is 23.2. The van der Waals surface area contributed by atoms with Gasteiger partial charge in [-0.3, -0.25) is 14.0 Å². The van der Waals surface area contributed by atoms with Crippen LogP contribution < -0.4 is 15.5 Å². The molecule has 0 saturated heterocycles. The summed E-state index contributed by atoms with van der Waals surface area (Å²) in [5.74, 6) is 0.0401. The Morgan fingerprint density at radius 3 is 2.31 bits per heavy atom. The first kappa shape index (κ1) is 27.0. The normalized spacial score (nSPS) is 17.6. The molecule has 3 N–H and O–H groups in total. The number of hydrogen-bond donors (Lipinski definition) is 3. The van der Waals surface area contributed by atoms with Gasteiger partial charge in [0.25, 0.3) is 5.91 Å². The Morgan fingerprint density at radius 1 is 1.00 bits per heavy atom. The fourth-order valence-corrected chi connectivity index (χ4v) is 6.19. The molecule has 0 radical (unpaired) electrons. The molecule has 2 fully saturated rings. The number of imidazole rings is 1. The SMILES string of the molecule is CN(C)c1ccc(-c2nc3cc(C(=O)NC(CC(=O)O)C4CCCCC4)ccn3c2NC2CCCCC2)cc1. The number of benzene rings is 1. The van der Waals surface area contributed by atoms with Crippen LogP contribution in [0, 0.1) is 5.92 Å². The number of carbonyl (C=O) groups is 2. The Labute approximate surface area is 230 Å². The summed E-state index contributed by atoms with van der Waals surface area (Å²) >= 11 is 0. The van der Waals surface area contributed by atoms with E-state index in [1.165, 1.54) is 25.7 Å². The van der Waals surface area contributed by atoms with E-state index in [4.69, 9.17) is 4.98 Å². The quantitative estimate of drug-likeness (QED) is 0.315. The molecule has 0 bridgehead atoms. The van der Waals surface area contributed by atoms with Crippen molar-refractivity contribution in [2.24, 2.45) is 5.92 Å². The molecule has 1 atom stereocenters. The topological polar surface area (TPSA) is 99.0 Å².